The van der Waals surface area contributed by atoms with Gasteiger partial charge in [-0.15, -0.1) is 0 Å². The number of alkyl halides is 6. The largest absolute Gasteiger partial charge is 0.500 e. The van der Waals surface area contributed by atoms with E-state index in [0.29, 0.717) is 68.8 Å². The molecule has 0 bridgehead atoms. The molecule has 0 aromatic carbocycles. The van der Waals surface area contributed by atoms with E-state index in [2.05, 4.69) is 24.5 Å². The number of nitrogens with zero attached hydrogens (tertiary/aromatic N) is 2. The number of carbonyl (C=O) groups is 2. The van der Waals surface area contributed by atoms with Crippen LogP contribution >= 0.6 is 0 Å². The van der Waals surface area contributed by atoms with Crippen molar-refractivity contribution < 1.29 is 93.3 Å². The molecule has 0 aromatic heterocycles. The summed E-state index contributed by atoms with van der Waals surface area (Å²) in [5.74, 6) is -0.452. The molecule has 18 nitrogen and oxygen atoms in total. The van der Waals surface area contributed by atoms with Gasteiger partial charge in [-0.1, -0.05) is 0 Å². The van der Waals surface area contributed by atoms with Crippen molar-refractivity contribution in [1.82, 2.24) is 10.6 Å². The maximum absolute atomic E-state index is 12.2. The zero-order chi connectivity index (χ0) is 43.7. The van der Waals surface area contributed by atoms with Gasteiger partial charge in [0.2, 0.25) is 0 Å². The van der Waals surface area contributed by atoms with Gasteiger partial charge in [-0.05, 0) is 39.8 Å². The highest BCUT2D eigenvalue weighted by Gasteiger charge is 2.47. The van der Waals surface area contributed by atoms with Crippen molar-refractivity contribution in [3.63, 3.8) is 0 Å². The molecule has 0 rings (SSSR count). The second kappa shape index (κ2) is 27.3. The van der Waals surface area contributed by atoms with E-state index >= 15 is 0 Å². The number of rotatable bonds is 30. The Morgan fingerprint density at radius 2 is 0.893 bits per heavy atom. The first-order valence-electron chi connectivity index (χ1n) is 17.1. The summed E-state index contributed by atoms with van der Waals surface area (Å²) in [4.78, 5) is 24.4. The van der Waals surface area contributed by atoms with E-state index < -0.39 is 48.7 Å². The van der Waals surface area contributed by atoms with Crippen LogP contribution in [0.5, 0.6) is 0 Å². The first kappa shape index (κ1) is 56.5. The van der Waals surface area contributed by atoms with Crippen LogP contribution in [0, 0.1) is 0 Å². The zero-order valence-corrected chi connectivity index (χ0v) is 36.6. The number of carbonyl (C=O) groups excluding carboxylic acids is 2. The first-order chi connectivity index (χ1) is 25.9. The standard InChI is InChI=1S/C26H58N3O10Si2.C2F6NO4S2/c1-9-29(10-2,19-21-38-25(30)13-17-27-15-11-23-40(32-3,33-4)34-5)20-22-39-26(31)14-18-28-16-12-24-41(35-6,36-7)37-8;3-1(4,5)14(10,11)9-15(12,13)2(6,7)8/h27-28H,9-24H2,1-8H3;/q+1;-1. The van der Waals surface area contributed by atoms with Crippen LogP contribution in [0.3, 0.4) is 0 Å². The Hall–Kier alpha value is -1.55. The van der Waals surface area contributed by atoms with Gasteiger partial charge in [0.15, 0.2) is 20.0 Å². The molecule has 0 radical (unpaired) electrons. The average molecular weight is 909 g/mol. The van der Waals surface area contributed by atoms with E-state index in [1.54, 1.807) is 42.7 Å². The maximum atomic E-state index is 12.2. The van der Waals surface area contributed by atoms with Crippen LogP contribution in [0.1, 0.15) is 39.5 Å². The van der Waals surface area contributed by atoms with Crippen LogP contribution in [-0.4, -0.2) is 170 Å². The predicted octanol–water partition coefficient (Wildman–Crippen LogP) is 2.48. The molecular weight excluding hydrogens is 851 g/mol. The Kier molecular flexibility index (Phi) is 27.5. The number of ether oxygens (including phenoxy) is 2. The van der Waals surface area contributed by atoms with Crippen molar-refractivity contribution in [1.29, 1.82) is 0 Å². The Bertz CT molecular complexity index is 1210. The fraction of sp³-hybridized carbons (Fsp3) is 0.929. The number of sulfonamides is 2. The van der Waals surface area contributed by atoms with Crippen molar-refractivity contribution in [3.8, 4) is 0 Å². The molecule has 0 spiro atoms. The number of halogens is 6. The van der Waals surface area contributed by atoms with Gasteiger partial charge in [0.25, 0.3) is 0 Å². The summed E-state index contributed by atoms with van der Waals surface area (Å²) in [6.07, 6.45) is 2.26. The van der Waals surface area contributed by atoms with E-state index in [0.717, 1.165) is 43.1 Å². The van der Waals surface area contributed by atoms with Crippen molar-refractivity contribution in [2.45, 2.75) is 62.6 Å². The molecule has 0 saturated heterocycles. The van der Waals surface area contributed by atoms with Crippen LogP contribution in [0.15, 0.2) is 0 Å². The van der Waals surface area contributed by atoms with Gasteiger partial charge >= 0.3 is 40.6 Å². The fourth-order valence-corrected chi connectivity index (χ4v) is 9.79. The molecule has 0 aliphatic carbocycles. The van der Waals surface area contributed by atoms with E-state index in [1.165, 1.54) is 0 Å². The molecule has 2 N–H and O–H groups in total. The Balaban J connectivity index is 0. The third-order valence-electron chi connectivity index (χ3n) is 8.33. The Morgan fingerprint density at radius 3 is 1.14 bits per heavy atom. The molecule has 0 heterocycles. The lowest BCUT2D eigenvalue weighted by molar-refractivity contribution is -0.925. The molecule has 0 fully saturated rings. The molecule has 0 aliphatic rings. The van der Waals surface area contributed by atoms with Crippen LogP contribution < -0.4 is 10.6 Å². The number of likely N-dealkylation sites (N-methyl/N-ethyl adjacent to an activating group) is 1. The second-order valence-corrected chi connectivity index (χ2v) is 21.2. The Morgan fingerprint density at radius 1 is 0.589 bits per heavy atom. The second-order valence-electron chi connectivity index (χ2n) is 11.6. The van der Waals surface area contributed by atoms with Gasteiger partial charge in [0, 0.05) is 67.8 Å². The molecule has 28 heteroatoms. The number of quaternary nitrogens is 1. The van der Waals surface area contributed by atoms with Crippen molar-refractivity contribution >= 4 is 49.6 Å². The normalized spacial score (nSPS) is 13.2. The number of hydrogen-bond acceptors (Lipinski definition) is 16. The lowest BCUT2D eigenvalue weighted by Gasteiger charge is -2.36. The van der Waals surface area contributed by atoms with E-state index in [1.807, 2.05) is 0 Å². The van der Waals surface area contributed by atoms with Crippen LogP contribution in [0.4, 0.5) is 26.3 Å². The highest BCUT2D eigenvalue weighted by molar-refractivity contribution is 8.13. The average Bonchev–Trinajstić information content (AvgIpc) is 3.13. The van der Waals surface area contributed by atoms with E-state index in [9.17, 15) is 52.8 Å². The van der Waals surface area contributed by atoms with Crippen molar-refractivity contribution in [2.24, 2.45) is 0 Å². The minimum Gasteiger partial charge on any atom is -0.460 e. The van der Waals surface area contributed by atoms with Crippen molar-refractivity contribution in [3.05, 3.63) is 4.13 Å². The lowest BCUT2D eigenvalue weighted by atomic mass is 10.3. The SMILES string of the molecule is CC[N+](CC)(CCOC(=O)CCNCCC[Si](OC)(OC)OC)CCOC(=O)CCNCCC[Si](OC)(OC)OC.O=S(=O)([N-]S(=O)(=O)C(F)(F)F)C(F)(F)F. The first-order valence-corrected chi connectivity index (χ1v) is 23.9. The van der Waals surface area contributed by atoms with Gasteiger partial charge in [-0.3, -0.25) is 9.59 Å². The molecule has 0 amide bonds. The summed E-state index contributed by atoms with van der Waals surface area (Å²) in [6, 6.07) is 1.41. The topological polar surface area (TPSA) is 214 Å². The summed E-state index contributed by atoms with van der Waals surface area (Å²) < 4.78 is 153. The lowest BCUT2D eigenvalue weighted by Crippen LogP contribution is -2.52. The molecule has 0 aromatic rings. The van der Waals surface area contributed by atoms with E-state index in [-0.39, 0.29) is 11.9 Å². The maximum Gasteiger partial charge on any atom is 0.500 e. The molecule has 0 unspecified atom stereocenters. The van der Waals surface area contributed by atoms with Crippen LogP contribution in [0.25, 0.3) is 4.13 Å². The molecule has 56 heavy (non-hydrogen) atoms. The monoisotopic (exact) mass is 908 g/mol. The minimum absolute atomic E-state index is 0.226. The Labute approximate surface area is 327 Å². The number of nitrogens with one attached hydrogen (secondary N) is 2. The van der Waals surface area contributed by atoms with Crippen LogP contribution in [-0.2, 0) is 65.7 Å². The molecule has 0 aliphatic heterocycles. The van der Waals surface area contributed by atoms with Gasteiger partial charge in [-0.25, -0.2) is 16.8 Å². The van der Waals surface area contributed by atoms with Gasteiger partial charge < -0.3 is 55.3 Å². The minimum atomic E-state index is -6.72. The summed E-state index contributed by atoms with van der Waals surface area (Å²) >= 11 is 0. The fourth-order valence-electron chi connectivity index (χ4n) is 4.64. The van der Waals surface area contributed by atoms with Gasteiger partial charge in [-0.2, -0.15) is 26.3 Å². The third-order valence-corrected chi connectivity index (χ3v) is 16.7. The van der Waals surface area contributed by atoms with Gasteiger partial charge in [0.05, 0.1) is 25.9 Å². The highest BCUT2D eigenvalue weighted by atomic mass is 32.3. The highest BCUT2D eigenvalue weighted by Crippen LogP contribution is 2.36. The smallest absolute Gasteiger partial charge is 0.460 e. The quantitative estimate of drug-likeness (QED) is 0.0348. The molecule has 336 valence electrons. The number of hydrogen-bond donors (Lipinski definition) is 2. The zero-order valence-electron chi connectivity index (χ0n) is 33.0. The summed E-state index contributed by atoms with van der Waals surface area (Å²) in [5.41, 5.74) is -12.4. The number of esters is 2. The molecule has 0 saturated carbocycles. The van der Waals surface area contributed by atoms with Gasteiger partial charge in [0.1, 0.15) is 26.3 Å². The van der Waals surface area contributed by atoms with E-state index in [4.69, 9.17) is 36.0 Å². The molecule has 0 atom stereocenters. The van der Waals surface area contributed by atoms with Crippen molar-refractivity contribution in [2.75, 3.05) is 108 Å². The predicted molar refractivity (Wildman–Crippen MR) is 194 cm³/mol. The summed E-state index contributed by atoms with van der Waals surface area (Å²) in [5, 5.41) is 6.50. The summed E-state index contributed by atoms with van der Waals surface area (Å²) in [6.45, 7) is 10.5. The molecular formula is C28H58F6N4O14S2Si2. The summed E-state index contributed by atoms with van der Waals surface area (Å²) in [7, 11) is -8.94. The third kappa shape index (κ3) is 21.5. The van der Waals surface area contributed by atoms with Crippen LogP contribution in [0.2, 0.25) is 12.1 Å².